The van der Waals surface area contributed by atoms with E-state index in [1.54, 1.807) is 12.1 Å². The number of anilines is 2. The number of nitrogens with one attached hydrogen (secondary N) is 1. The first-order valence-corrected chi connectivity index (χ1v) is 6.89. The van der Waals surface area contributed by atoms with Crippen molar-refractivity contribution in [1.82, 2.24) is 4.90 Å². The number of hydrogen-bond acceptors (Lipinski definition) is 3. The van der Waals surface area contributed by atoms with Gasteiger partial charge in [-0.2, -0.15) is 0 Å². The molecule has 0 aliphatic carbocycles. The normalized spacial score (nSPS) is 25.2. The Morgan fingerprint density at radius 1 is 1.37 bits per heavy atom. The van der Waals surface area contributed by atoms with Crippen LogP contribution >= 0.6 is 0 Å². The summed E-state index contributed by atoms with van der Waals surface area (Å²) in [6.45, 7) is 7.40. The molecule has 1 amide bonds. The first kappa shape index (κ1) is 13.9. The van der Waals surface area contributed by atoms with Gasteiger partial charge in [0.1, 0.15) is 0 Å². The lowest BCUT2D eigenvalue weighted by Gasteiger charge is -2.27. The van der Waals surface area contributed by atoms with Gasteiger partial charge in [-0.25, -0.2) is 0 Å². The van der Waals surface area contributed by atoms with Crippen LogP contribution in [0.5, 0.6) is 0 Å². The molecule has 0 saturated carbocycles. The highest BCUT2D eigenvalue weighted by Gasteiger charge is 2.32. The van der Waals surface area contributed by atoms with E-state index in [0.29, 0.717) is 17.6 Å². The Balaban J connectivity index is 1.97. The number of carbonyl (C=O) groups is 1. The number of nitrogens with two attached hydrogens (primary N) is 1. The Morgan fingerprint density at radius 3 is 2.53 bits per heavy atom. The molecule has 104 valence electrons. The standard InChI is InChI=1S/C15H23N3O/c1-10-8-11(2)18(9-10)12(3)15(19)17-14-6-4-13(16)5-7-14/h4-7,10-12H,8-9,16H2,1-3H3,(H,17,19). The minimum atomic E-state index is -0.0995. The van der Waals surface area contributed by atoms with Gasteiger partial charge >= 0.3 is 0 Å². The minimum absolute atomic E-state index is 0.0470. The van der Waals surface area contributed by atoms with E-state index in [0.717, 1.165) is 12.2 Å². The predicted molar refractivity (Wildman–Crippen MR) is 78.9 cm³/mol. The second-order valence-corrected chi connectivity index (χ2v) is 5.67. The van der Waals surface area contributed by atoms with Gasteiger partial charge in [-0.1, -0.05) is 6.92 Å². The van der Waals surface area contributed by atoms with Crippen LogP contribution in [0.2, 0.25) is 0 Å². The van der Waals surface area contributed by atoms with Crippen molar-refractivity contribution in [2.24, 2.45) is 5.92 Å². The summed E-state index contributed by atoms with van der Waals surface area (Å²) in [7, 11) is 0. The molecule has 1 aromatic rings. The second-order valence-electron chi connectivity index (χ2n) is 5.67. The topological polar surface area (TPSA) is 58.4 Å². The fourth-order valence-electron chi connectivity index (χ4n) is 2.84. The fourth-order valence-corrected chi connectivity index (χ4v) is 2.84. The van der Waals surface area contributed by atoms with E-state index in [1.807, 2.05) is 19.1 Å². The zero-order valence-electron chi connectivity index (χ0n) is 11.9. The summed E-state index contributed by atoms with van der Waals surface area (Å²) in [5.41, 5.74) is 7.13. The summed E-state index contributed by atoms with van der Waals surface area (Å²) >= 11 is 0. The van der Waals surface area contributed by atoms with Crippen LogP contribution in [0.3, 0.4) is 0 Å². The van der Waals surface area contributed by atoms with Crippen LogP contribution in [-0.4, -0.2) is 29.4 Å². The molecule has 0 aromatic heterocycles. The third-order valence-corrected chi connectivity index (χ3v) is 3.89. The van der Waals surface area contributed by atoms with Gasteiger partial charge in [0.2, 0.25) is 5.91 Å². The molecule has 0 radical (unpaired) electrons. The van der Waals surface area contributed by atoms with Gasteiger partial charge in [0.05, 0.1) is 6.04 Å². The van der Waals surface area contributed by atoms with Crippen molar-refractivity contribution in [3.8, 4) is 0 Å². The maximum Gasteiger partial charge on any atom is 0.241 e. The van der Waals surface area contributed by atoms with Crippen molar-refractivity contribution in [3.63, 3.8) is 0 Å². The summed E-state index contributed by atoms with van der Waals surface area (Å²) in [4.78, 5) is 14.5. The number of carbonyl (C=O) groups excluding carboxylic acids is 1. The summed E-state index contributed by atoms with van der Waals surface area (Å²) in [6, 6.07) is 7.62. The molecule has 3 N–H and O–H groups in total. The Morgan fingerprint density at radius 2 is 2.00 bits per heavy atom. The minimum Gasteiger partial charge on any atom is -0.399 e. The van der Waals surface area contributed by atoms with Gasteiger partial charge in [0.25, 0.3) is 0 Å². The molecule has 1 heterocycles. The largest absolute Gasteiger partial charge is 0.399 e. The Hall–Kier alpha value is -1.55. The number of benzene rings is 1. The third kappa shape index (κ3) is 3.26. The molecule has 1 fully saturated rings. The zero-order chi connectivity index (χ0) is 14.0. The van der Waals surface area contributed by atoms with E-state index in [4.69, 9.17) is 5.73 Å². The van der Waals surface area contributed by atoms with Crippen LogP contribution in [0, 0.1) is 5.92 Å². The van der Waals surface area contributed by atoms with E-state index in [2.05, 4.69) is 24.1 Å². The van der Waals surface area contributed by atoms with Gasteiger partial charge in [-0.05, 0) is 50.5 Å². The maximum absolute atomic E-state index is 12.3. The molecule has 0 spiro atoms. The average molecular weight is 261 g/mol. The van der Waals surface area contributed by atoms with E-state index in [9.17, 15) is 4.79 Å². The highest BCUT2D eigenvalue weighted by molar-refractivity contribution is 5.94. The Bertz CT molecular complexity index is 443. The van der Waals surface area contributed by atoms with E-state index < -0.39 is 0 Å². The molecule has 4 nitrogen and oxygen atoms in total. The van der Waals surface area contributed by atoms with Gasteiger partial charge in [-0.15, -0.1) is 0 Å². The van der Waals surface area contributed by atoms with Crippen LogP contribution in [0.15, 0.2) is 24.3 Å². The number of likely N-dealkylation sites (tertiary alicyclic amines) is 1. The van der Waals surface area contributed by atoms with E-state index >= 15 is 0 Å². The van der Waals surface area contributed by atoms with Crippen molar-refractivity contribution in [2.75, 3.05) is 17.6 Å². The molecule has 2 rings (SSSR count). The smallest absolute Gasteiger partial charge is 0.241 e. The molecule has 1 aliphatic rings. The SMILES string of the molecule is CC1CC(C)N(C(C)C(=O)Nc2ccc(N)cc2)C1. The molecular formula is C15H23N3O. The molecule has 4 heteroatoms. The van der Waals surface area contributed by atoms with Crippen LogP contribution in [0.25, 0.3) is 0 Å². The van der Waals surface area contributed by atoms with Gasteiger partial charge < -0.3 is 11.1 Å². The highest BCUT2D eigenvalue weighted by Crippen LogP contribution is 2.25. The van der Waals surface area contributed by atoms with Gasteiger partial charge in [0, 0.05) is 24.0 Å². The van der Waals surface area contributed by atoms with Crippen LogP contribution in [0.1, 0.15) is 27.2 Å². The highest BCUT2D eigenvalue weighted by atomic mass is 16.2. The lowest BCUT2D eigenvalue weighted by Crippen LogP contribution is -2.43. The zero-order valence-corrected chi connectivity index (χ0v) is 11.9. The van der Waals surface area contributed by atoms with E-state index in [1.165, 1.54) is 6.42 Å². The molecule has 1 aliphatic heterocycles. The molecular weight excluding hydrogens is 238 g/mol. The number of rotatable bonds is 3. The number of nitrogen functional groups attached to an aromatic ring is 1. The van der Waals surface area contributed by atoms with Crippen LogP contribution < -0.4 is 11.1 Å². The summed E-state index contributed by atoms with van der Waals surface area (Å²) < 4.78 is 0. The number of amides is 1. The van der Waals surface area contributed by atoms with E-state index in [-0.39, 0.29) is 11.9 Å². The molecule has 1 aromatic carbocycles. The molecule has 0 bridgehead atoms. The molecule has 1 saturated heterocycles. The first-order chi connectivity index (χ1) is 8.97. The average Bonchev–Trinajstić information content (AvgIpc) is 2.70. The lowest BCUT2D eigenvalue weighted by molar-refractivity contribution is -0.121. The van der Waals surface area contributed by atoms with Crippen molar-refractivity contribution in [1.29, 1.82) is 0 Å². The number of hydrogen-bond donors (Lipinski definition) is 2. The summed E-state index contributed by atoms with van der Waals surface area (Å²) in [5, 5.41) is 2.95. The maximum atomic E-state index is 12.3. The Kier molecular flexibility index (Phi) is 4.10. The second kappa shape index (κ2) is 5.61. The van der Waals surface area contributed by atoms with Crippen molar-refractivity contribution in [3.05, 3.63) is 24.3 Å². The summed E-state index contributed by atoms with van der Waals surface area (Å²) in [6.07, 6.45) is 1.17. The number of nitrogens with zero attached hydrogens (tertiary/aromatic N) is 1. The Labute approximate surface area is 115 Å². The fraction of sp³-hybridized carbons (Fsp3) is 0.533. The van der Waals surface area contributed by atoms with Gasteiger partial charge in [-0.3, -0.25) is 9.69 Å². The third-order valence-electron chi connectivity index (χ3n) is 3.89. The summed E-state index contributed by atoms with van der Waals surface area (Å²) in [5.74, 6) is 0.715. The van der Waals surface area contributed by atoms with Crippen LogP contribution in [-0.2, 0) is 4.79 Å². The molecule has 3 unspecified atom stereocenters. The monoisotopic (exact) mass is 261 g/mol. The van der Waals surface area contributed by atoms with Crippen LogP contribution in [0.4, 0.5) is 11.4 Å². The van der Waals surface area contributed by atoms with Crippen molar-refractivity contribution >= 4 is 17.3 Å². The lowest BCUT2D eigenvalue weighted by atomic mass is 10.1. The van der Waals surface area contributed by atoms with Gasteiger partial charge in [0.15, 0.2) is 0 Å². The predicted octanol–water partition coefficient (Wildman–Crippen LogP) is 2.33. The molecule has 3 atom stereocenters. The van der Waals surface area contributed by atoms with Crippen molar-refractivity contribution < 1.29 is 4.79 Å². The quantitative estimate of drug-likeness (QED) is 0.821. The van der Waals surface area contributed by atoms with Crippen molar-refractivity contribution in [2.45, 2.75) is 39.3 Å². The first-order valence-electron chi connectivity index (χ1n) is 6.89. The molecule has 19 heavy (non-hydrogen) atoms.